The molecule has 28 heavy (non-hydrogen) atoms. The second-order valence-corrected chi connectivity index (χ2v) is 8.50. The summed E-state index contributed by atoms with van der Waals surface area (Å²) in [6.07, 6.45) is 0.529. The van der Waals surface area contributed by atoms with Gasteiger partial charge in [0, 0.05) is 55.4 Å². The number of anilines is 1. The summed E-state index contributed by atoms with van der Waals surface area (Å²) in [6, 6.07) is 7.99. The molecule has 1 aromatic heterocycles. The lowest BCUT2D eigenvalue weighted by molar-refractivity contribution is 0.0738. The van der Waals surface area contributed by atoms with Gasteiger partial charge >= 0.3 is 0 Å². The predicted octanol–water partition coefficient (Wildman–Crippen LogP) is 3.48. The smallest absolute Gasteiger partial charge is 0.136 e. The van der Waals surface area contributed by atoms with E-state index in [-0.39, 0.29) is 12.0 Å². The van der Waals surface area contributed by atoms with E-state index in [1.54, 1.807) is 0 Å². The maximum Gasteiger partial charge on any atom is 0.136 e. The SMILES string of the molecule is Cc1nc(C)c(Cc2ccc(Cl)cc2)c(N2CCN(CC(O)C(C)C)CC2)n1. The van der Waals surface area contributed by atoms with Crippen molar-refractivity contribution in [1.82, 2.24) is 14.9 Å². The molecule has 0 amide bonds. The normalized spacial score (nSPS) is 16.6. The summed E-state index contributed by atoms with van der Waals surface area (Å²) in [7, 11) is 0. The van der Waals surface area contributed by atoms with E-state index in [1.807, 2.05) is 19.1 Å². The van der Waals surface area contributed by atoms with E-state index in [9.17, 15) is 5.11 Å². The van der Waals surface area contributed by atoms with Gasteiger partial charge < -0.3 is 10.0 Å². The first kappa shape index (κ1) is 21.0. The quantitative estimate of drug-likeness (QED) is 0.801. The molecule has 0 bridgehead atoms. The molecule has 3 rings (SSSR count). The van der Waals surface area contributed by atoms with Crippen molar-refractivity contribution in [2.24, 2.45) is 5.92 Å². The number of nitrogens with zero attached hydrogens (tertiary/aromatic N) is 4. The van der Waals surface area contributed by atoms with Gasteiger partial charge in [0.2, 0.25) is 0 Å². The first-order valence-electron chi connectivity index (χ1n) is 10.1. The molecule has 0 spiro atoms. The Bertz CT molecular complexity index is 786. The van der Waals surface area contributed by atoms with Crippen LogP contribution in [0.4, 0.5) is 5.82 Å². The molecule has 5 nitrogen and oxygen atoms in total. The Hall–Kier alpha value is -1.69. The number of aromatic nitrogens is 2. The molecule has 1 unspecified atom stereocenters. The van der Waals surface area contributed by atoms with Crippen LogP contribution in [0.1, 0.15) is 36.5 Å². The monoisotopic (exact) mass is 402 g/mol. The molecule has 0 aliphatic carbocycles. The van der Waals surface area contributed by atoms with Gasteiger partial charge in [0.25, 0.3) is 0 Å². The Morgan fingerprint density at radius 2 is 1.68 bits per heavy atom. The number of aliphatic hydroxyl groups is 1. The van der Waals surface area contributed by atoms with E-state index in [4.69, 9.17) is 16.6 Å². The minimum atomic E-state index is -0.268. The molecule has 1 N–H and O–H groups in total. The Morgan fingerprint density at radius 3 is 2.29 bits per heavy atom. The average molecular weight is 403 g/mol. The lowest BCUT2D eigenvalue weighted by Crippen LogP contribution is -2.49. The standard InChI is InChI=1S/C22H31ClN4O/c1-15(2)21(28)14-26-9-11-27(12-10-26)22-20(16(3)24-17(4)25-22)13-18-5-7-19(23)8-6-18/h5-8,15,21,28H,9-14H2,1-4H3. The lowest BCUT2D eigenvalue weighted by atomic mass is 10.0. The van der Waals surface area contributed by atoms with Crippen molar-refractivity contribution in [2.45, 2.75) is 40.2 Å². The van der Waals surface area contributed by atoms with Crippen LogP contribution in [0.5, 0.6) is 0 Å². The van der Waals surface area contributed by atoms with Crippen LogP contribution in [-0.2, 0) is 6.42 Å². The molecule has 1 aromatic carbocycles. The summed E-state index contributed by atoms with van der Waals surface area (Å²) in [5.74, 6) is 2.14. The van der Waals surface area contributed by atoms with Crippen LogP contribution in [0.25, 0.3) is 0 Å². The number of hydrogen-bond donors (Lipinski definition) is 1. The van der Waals surface area contributed by atoms with Crippen LogP contribution in [0, 0.1) is 19.8 Å². The fourth-order valence-corrected chi connectivity index (χ4v) is 3.74. The highest BCUT2D eigenvalue weighted by molar-refractivity contribution is 6.30. The lowest BCUT2D eigenvalue weighted by Gasteiger charge is -2.37. The van der Waals surface area contributed by atoms with Gasteiger partial charge in [-0.15, -0.1) is 0 Å². The van der Waals surface area contributed by atoms with Gasteiger partial charge in [-0.3, -0.25) is 4.90 Å². The third-order valence-electron chi connectivity index (χ3n) is 5.48. The van der Waals surface area contributed by atoms with E-state index in [1.165, 1.54) is 11.1 Å². The van der Waals surface area contributed by atoms with Gasteiger partial charge in [0.05, 0.1) is 6.10 Å². The average Bonchev–Trinajstić information content (AvgIpc) is 2.66. The molecular formula is C22H31ClN4O. The summed E-state index contributed by atoms with van der Waals surface area (Å²) < 4.78 is 0. The highest BCUT2D eigenvalue weighted by atomic mass is 35.5. The van der Waals surface area contributed by atoms with Crippen molar-refractivity contribution < 1.29 is 5.11 Å². The number of β-amino-alcohol motifs (C(OH)–C–C–N with tert-alkyl or cyclic N) is 1. The molecule has 1 atom stereocenters. The van der Waals surface area contributed by atoms with E-state index >= 15 is 0 Å². The Labute approximate surface area is 173 Å². The van der Waals surface area contributed by atoms with Gasteiger partial charge in [-0.05, 0) is 37.5 Å². The summed E-state index contributed by atoms with van der Waals surface area (Å²) in [5, 5.41) is 10.9. The molecule has 2 heterocycles. The van der Waals surface area contributed by atoms with Gasteiger partial charge in [-0.25, -0.2) is 9.97 Å². The highest BCUT2D eigenvalue weighted by Gasteiger charge is 2.24. The van der Waals surface area contributed by atoms with Crippen LogP contribution in [0.3, 0.4) is 0 Å². The molecular weight excluding hydrogens is 372 g/mol. The number of benzene rings is 1. The number of piperazine rings is 1. The fraction of sp³-hybridized carbons (Fsp3) is 0.545. The zero-order valence-corrected chi connectivity index (χ0v) is 18.1. The van der Waals surface area contributed by atoms with E-state index in [0.717, 1.165) is 61.5 Å². The molecule has 2 aromatic rings. The maximum absolute atomic E-state index is 10.2. The second kappa shape index (κ2) is 9.21. The minimum absolute atomic E-state index is 0.268. The van der Waals surface area contributed by atoms with Crippen LogP contribution in [0.15, 0.2) is 24.3 Å². The Kier molecular flexibility index (Phi) is 6.91. The molecule has 1 fully saturated rings. The van der Waals surface area contributed by atoms with Crippen molar-refractivity contribution in [3.05, 3.63) is 51.9 Å². The molecule has 1 saturated heterocycles. The fourth-order valence-electron chi connectivity index (χ4n) is 3.61. The zero-order valence-electron chi connectivity index (χ0n) is 17.3. The zero-order chi connectivity index (χ0) is 20.3. The topological polar surface area (TPSA) is 52.5 Å². The van der Waals surface area contributed by atoms with Crippen molar-refractivity contribution in [3.8, 4) is 0 Å². The number of hydrogen-bond acceptors (Lipinski definition) is 5. The summed E-state index contributed by atoms with van der Waals surface area (Å²) >= 11 is 6.03. The predicted molar refractivity (Wildman–Crippen MR) is 115 cm³/mol. The van der Waals surface area contributed by atoms with Crippen LogP contribution < -0.4 is 4.90 Å². The minimum Gasteiger partial charge on any atom is -0.392 e. The molecule has 1 aliphatic rings. The van der Waals surface area contributed by atoms with Gasteiger partial charge in [-0.1, -0.05) is 37.6 Å². The highest BCUT2D eigenvalue weighted by Crippen LogP contribution is 2.25. The molecule has 152 valence electrons. The van der Waals surface area contributed by atoms with E-state index in [2.05, 4.69) is 47.7 Å². The number of aliphatic hydroxyl groups excluding tert-OH is 1. The summed E-state index contributed by atoms with van der Waals surface area (Å²) in [4.78, 5) is 14.1. The Balaban J connectivity index is 1.75. The first-order chi connectivity index (χ1) is 13.3. The van der Waals surface area contributed by atoms with Gasteiger partial charge in [0.15, 0.2) is 0 Å². The van der Waals surface area contributed by atoms with Crippen LogP contribution >= 0.6 is 11.6 Å². The van der Waals surface area contributed by atoms with Gasteiger partial charge in [0.1, 0.15) is 11.6 Å². The van der Waals surface area contributed by atoms with Crippen molar-refractivity contribution in [1.29, 1.82) is 0 Å². The number of rotatable bonds is 6. The third kappa shape index (κ3) is 5.22. The molecule has 0 saturated carbocycles. The Morgan fingerprint density at radius 1 is 1.04 bits per heavy atom. The largest absolute Gasteiger partial charge is 0.392 e. The maximum atomic E-state index is 10.2. The molecule has 6 heteroatoms. The molecule has 1 aliphatic heterocycles. The number of aryl methyl sites for hydroxylation is 2. The van der Waals surface area contributed by atoms with Crippen molar-refractivity contribution in [3.63, 3.8) is 0 Å². The molecule has 0 radical (unpaired) electrons. The van der Waals surface area contributed by atoms with Crippen LogP contribution in [-0.4, -0.2) is 58.8 Å². The van der Waals surface area contributed by atoms with Crippen molar-refractivity contribution >= 4 is 17.4 Å². The third-order valence-corrected chi connectivity index (χ3v) is 5.74. The van der Waals surface area contributed by atoms with Crippen LogP contribution in [0.2, 0.25) is 5.02 Å². The second-order valence-electron chi connectivity index (χ2n) is 8.06. The summed E-state index contributed by atoms with van der Waals surface area (Å²) in [6.45, 7) is 12.6. The van der Waals surface area contributed by atoms with Gasteiger partial charge in [-0.2, -0.15) is 0 Å². The summed E-state index contributed by atoms with van der Waals surface area (Å²) in [5.41, 5.74) is 3.43. The first-order valence-corrected chi connectivity index (χ1v) is 10.4. The van der Waals surface area contributed by atoms with E-state index in [0.29, 0.717) is 0 Å². The number of halogens is 1. The van der Waals surface area contributed by atoms with Crippen molar-refractivity contribution in [2.75, 3.05) is 37.6 Å². The van der Waals surface area contributed by atoms with E-state index < -0.39 is 0 Å².